The summed E-state index contributed by atoms with van der Waals surface area (Å²) in [6.07, 6.45) is 0.370. The maximum absolute atomic E-state index is 13.0. The first-order valence-electron chi connectivity index (χ1n) is 9.73. The average Bonchev–Trinajstić information content (AvgIpc) is 3.30. The number of hydrogen-bond acceptors (Lipinski definition) is 6. The zero-order valence-electron chi connectivity index (χ0n) is 17.2. The number of nitrogens with zero attached hydrogens (tertiary/aromatic N) is 3. The molecule has 1 aliphatic heterocycles. The summed E-state index contributed by atoms with van der Waals surface area (Å²) in [7, 11) is 3.21. The molecule has 0 bridgehead atoms. The van der Waals surface area contributed by atoms with Crippen molar-refractivity contribution in [1.82, 2.24) is 4.57 Å². The van der Waals surface area contributed by atoms with Crippen molar-refractivity contribution in [2.24, 2.45) is 4.99 Å². The summed E-state index contributed by atoms with van der Waals surface area (Å²) in [5.41, 5.74) is 1.53. The second kappa shape index (κ2) is 8.83. The van der Waals surface area contributed by atoms with E-state index >= 15 is 0 Å². The number of rotatable bonds is 6. The largest absolute Gasteiger partial charge is 0.495 e. The molecule has 1 saturated heterocycles. The van der Waals surface area contributed by atoms with Crippen LogP contribution in [0.5, 0.6) is 5.75 Å². The number of benzene rings is 2. The van der Waals surface area contributed by atoms with Crippen molar-refractivity contribution in [2.75, 3.05) is 25.7 Å². The zero-order chi connectivity index (χ0) is 22.0. The van der Waals surface area contributed by atoms with Gasteiger partial charge in [-0.05, 0) is 30.3 Å². The van der Waals surface area contributed by atoms with Crippen LogP contribution in [0.1, 0.15) is 23.2 Å². The number of aromatic nitrogens is 1. The molecule has 3 aromatic rings. The SMILES string of the molecule is COCCn1c(=NC(=O)c2cccc(N3C(=O)CCC3=O)c2)sc2cccc(OC)c21. The quantitative estimate of drug-likeness (QED) is 0.551. The van der Waals surface area contributed by atoms with Crippen LogP contribution >= 0.6 is 11.3 Å². The van der Waals surface area contributed by atoms with Crippen LogP contribution in [0.15, 0.2) is 47.5 Å². The number of hydrogen-bond donors (Lipinski definition) is 0. The first kappa shape index (κ1) is 21.0. The minimum absolute atomic E-state index is 0.185. The summed E-state index contributed by atoms with van der Waals surface area (Å²) in [5, 5.41) is 0. The van der Waals surface area contributed by atoms with Crippen LogP contribution in [0.25, 0.3) is 10.2 Å². The van der Waals surface area contributed by atoms with Crippen LogP contribution in [0, 0.1) is 0 Å². The molecule has 160 valence electrons. The molecule has 0 atom stereocenters. The summed E-state index contributed by atoms with van der Waals surface area (Å²) >= 11 is 1.38. The van der Waals surface area contributed by atoms with Crippen LogP contribution in [0.4, 0.5) is 5.69 Å². The molecule has 0 spiro atoms. The molecule has 0 unspecified atom stereocenters. The molecule has 0 aliphatic carbocycles. The molecular formula is C22H21N3O5S. The Morgan fingerprint density at radius 3 is 2.55 bits per heavy atom. The average molecular weight is 439 g/mol. The van der Waals surface area contributed by atoms with Crippen molar-refractivity contribution in [3.63, 3.8) is 0 Å². The number of fused-ring (bicyclic) bond motifs is 1. The zero-order valence-corrected chi connectivity index (χ0v) is 18.0. The molecule has 2 aromatic carbocycles. The van der Waals surface area contributed by atoms with Gasteiger partial charge in [0, 0.05) is 32.1 Å². The Kier molecular flexibility index (Phi) is 5.97. The van der Waals surface area contributed by atoms with Gasteiger partial charge in [-0.3, -0.25) is 19.3 Å². The summed E-state index contributed by atoms with van der Waals surface area (Å²) in [6, 6.07) is 12.1. The first-order valence-corrected chi connectivity index (χ1v) is 10.6. The minimum atomic E-state index is -0.461. The Morgan fingerprint density at radius 1 is 1.10 bits per heavy atom. The maximum atomic E-state index is 13.0. The van der Waals surface area contributed by atoms with Gasteiger partial charge in [0.25, 0.3) is 5.91 Å². The van der Waals surface area contributed by atoms with Crippen LogP contribution in [-0.2, 0) is 20.9 Å². The second-order valence-corrected chi connectivity index (χ2v) is 7.94. The number of methoxy groups -OCH3 is 2. The summed E-state index contributed by atoms with van der Waals surface area (Å²) in [6.45, 7) is 0.944. The fourth-order valence-electron chi connectivity index (χ4n) is 3.53. The third-order valence-corrected chi connectivity index (χ3v) is 6.05. The predicted molar refractivity (Wildman–Crippen MR) is 116 cm³/mol. The number of amides is 3. The molecule has 0 saturated carbocycles. The number of thiazole rings is 1. The van der Waals surface area contributed by atoms with Crippen molar-refractivity contribution in [2.45, 2.75) is 19.4 Å². The number of imide groups is 1. The van der Waals surface area contributed by atoms with Gasteiger partial charge in [-0.25, -0.2) is 0 Å². The van der Waals surface area contributed by atoms with E-state index in [1.807, 2.05) is 22.8 Å². The van der Waals surface area contributed by atoms with E-state index in [1.165, 1.54) is 17.4 Å². The maximum Gasteiger partial charge on any atom is 0.279 e. The van der Waals surface area contributed by atoms with E-state index in [0.29, 0.717) is 35.0 Å². The highest BCUT2D eigenvalue weighted by atomic mass is 32.1. The lowest BCUT2D eigenvalue weighted by Gasteiger charge is -2.14. The molecule has 8 nitrogen and oxygen atoms in total. The fraction of sp³-hybridized carbons (Fsp3) is 0.273. The normalized spacial score (nSPS) is 14.6. The first-order chi connectivity index (χ1) is 15.0. The highest BCUT2D eigenvalue weighted by Gasteiger charge is 2.30. The fourth-order valence-corrected chi connectivity index (χ4v) is 4.60. The van der Waals surface area contributed by atoms with Gasteiger partial charge in [-0.2, -0.15) is 4.99 Å². The third-order valence-electron chi connectivity index (χ3n) is 5.00. The van der Waals surface area contributed by atoms with Crippen molar-refractivity contribution in [1.29, 1.82) is 0 Å². The molecule has 2 heterocycles. The molecule has 1 aliphatic rings. The van der Waals surface area contributed by atoms with Crippen molar-refractivity contribution in [3.8, 4) is 5.75 Å². The summed E-state index contributed by atoms with van der Waals surface area (Å²) in [5.74, 6) is -0.300. The van der Waals surface area contributed by atoms with E-state index in [2.05, 4.69) is 4.99 Å². The molecule has 3 amide bonds. The van der Waals surface area contributed by atoms with Crippen LogP contribution < -0.4 is 14.4 Å². The second-order valence-electron chi connectivity index (χ2n) is 6.93. The van der Waals surface area contributed by atoms with Crippen molar-refractivity contribution in [3.05, 3.63) is 52.8 Å². The van der Waals surface area contributed by atoms with E-state index in [-0.39, 0.29) is 24.7 Å². The topological polar surface area (TPSA) is 90.2 Å². The number of carbonyl (C=O) groups is 3. The summed E-state index contributed by atoms with van der Waals surface area (Å²) < 4.78 is 13.5. The van der Waals surface area contributed by atoms with Crippen LogP contribution in [0.2, 0.25) is 0 Å². The Balaban J connectivity index is 1.77. The van der Waals surface area contributed by atoms with E-state index in [0.717, 1.165) is 15.1 Å². The standard InChI is InChI=1S/C22H21N3O5S/c1-29-12-11-24-20-16(30-2)7-4-8-17(20)31-22(24)23-21(28)14-5-3-6-15(13-14)25-18(26)9-10-19(25)27/h3-8,13H,9-12H2,1-2H3. The highest BCUT2D eigenvalue weighted by Crippen LogP contribution is 2.27. The number of para-hydroxylation sites is 1. The molecular weight excluding hydrogens is 418 g/mol. The van der Waals surface area contributed by atoms with E-state index in [4.69, 9.17) is 9.47 Å². The van der Waals surface area contributed by atoms with E-state index in [9.17, 15) is 14.4 Å². The monoisotopic (exact) mass is 439 g/mol. The Hall–Kier alpha value is -3.30. The number of anilines is 1. The lowest BCUT2D eigenvalue weighted by Crippen LogP contribution is -2.28. The molecule has 31 heavy (non-hydrogen) atoms. The molecule has 1 fully saturated rings. The number of ether oxygens (including phenoxy) is 2. The van der Waals surface area contributed by atoms with Crippen LogP contribution in [0.3, 0.4) is 0 Å². The van der Waals surface area contributed by atoms with Crippen molar-refractivity contribution < 1.29 is 23.9 Å². The van der Waals surface area contributed by atoms with Gasteiger partial charge in [0.15, 0.2) is 4.80 Å². The van der Waals surface area contributed by atoms with Gasteiger partial charge < -0.3 is 14.0 Å². The van der Waals surface area contributed by atoms with Gasteiger partial charge in [0.1, 0.15) is 11.3 Å². The Morgan fingerprint density at radius 2 is 1.84 bits per heavy atom. The van der Waals surface area contributed by atoms with Crippen molar-refractivity contribution >= 4 is 45.0 Å². The molecule has 4 rings (SSSR count). The minimum Gasteiger partial charge on any atom is -0.495 e. The Labute approximate surface area is 182 Å². The van der Waals surface area contributed by atoms with E-state index < -0.39 is 5.91 Å². The van der Waals surface area contributed by atoms with Gasteiger partial charge in [0.05, 0.1) is 24.1 Å². The molecule has 0 N–H and O–H groups in total. The molecule has 9 heteroatoms. The lowest BCUT2D eigenvalue weighted by atomic mass is 10.2. The predicted octanol–water partition coefficient (Wildman–Crippen LogP) is 2.75. The number of carbonyl (C=O) groups excluding carboxylic acids is 3. The highest BCUT2D eigenvalue weighted by molar-refractivity contribution is 7.16. The summed E-state index contributed by atoms with van der Waals surface area (Å²) in [4.78, 5) is 43.0. The van der Waals surface area contributed by atoms with Gasteiger partial charge in [-0.1, -0.05) is 23.5 Å². The molecule has 0 radical (unpaired) electrons. The lowest BCUT2D eigenvalue weighted by molar-refractivity contribution is -0.121. The Bertz CT molecular complexity index is 1230. The van der Waals surface area contributed by atoms with Gasteiger partial charge >= 0.3 is 0 Å². The van der Waals surface area contributed by atoms with Gasteiger partial charge in [0.2, 0.25) is 11.8 Å². The van der Waals surface area contributed by atoms with E-state index in [1.54, 1.807) is 32.4 Å². The third kappa shape index (κ3) is 4.01. The van der Waals surface area contributed by atoms with Gasteiger partial charge in [-0.15, -0.1) is 0 Å². The van der Waals surface area contributed by atoms with Crippen LogP contribution in [-0.4, -0.2) is 43.1 Å². The molecule has 1 aromatic heterocycles. The smallest absolute Gasteiger partial charge is 0.279 e.